The van der Waals surface area contributed by atoms with Gasteiger partial charge in [-0.3, -0.25) is 0 Å². The number of allylic oxidation sites excluding steroid dienone is 1. The van der Waals surface area contributed by atoms with Crippen LogP contribution in [0.1, 0.15) is 43.2 Å². The lowest BCUT2D eigenvalue weighted by atomic mass is 9.78. The predicted molar refractivity (Wildman–Crippen MR) is 70.3 cm³/mol. The van der Waals surface area contributed by atoms with Gasteiger partial charge in [0, 0.05) is 24.4 Å². The van der Waals surface area contributed by atoms with Gasteiger partial charge < -0.3 is 4.90 Å². The molecule has 88 valence electrons. The molecule has 0 saturated heterocycles. The van der Waals surface area contributed by atoms with E-state index in [4.69, 9.17) is 0 Å². The van der Waals surface area contributed by atoms with Crippen molar-refractivity contribution in [3.63, 3.8) is 0 Å². The zero-order valence-corrected chi connectivity index (χ0v) is 10.3. The van der Waals surface area contributed by atoms with Crippen LogP contribution in [0.5, 0.6) is 0 Å². The lowest BCUT2D eigenvalue weighted by Gasteiger charge is -2.37. The molecule has 1 saturated carbocycles. The van der Waals surface area contributed by atoms with Crippen LogP contribution in [0, 0.1) is 5.92 Å². The van der Waals surface area contributed by atoms with Crippen molar-refractivity contribution >= 4 is 5.70 Å². The summed E-state index contributed by atoms with van der Waals surface area (Å²) in [6.45, 7) is 2.43. The summed E-state index contributed by atoms with van der Waals surface area (Å²) in [7, 11) is 0. The lowest BCUT2D eigenvalue weighted by molar-refractivity contribution is 0.307. The van der Waals surface area contributed by atoms with Gasteiger partial charge in [-0.2, -0.15) is 0 Å². The van der Waals surface area contributed by atoms with Crippen molar-refractivity contribution in [2.45, 2.75) is 38.6 Å². The third-order valence-corrected chi connectivity index (χ3v) is 4.74. The molecule has 4 rings (SSSR count). The fourth-order valence-electron chi connectivity index (χ4n) is 3.94. The van der Waals surface area contributed by atoms with E-state index in [9.17, 15) is 0 Å². The van der Waals surface area contributed by atoms with Gasteiger partial charge in [0.25, 0.3) is 0 Å². The molecule has 2 heterocycles. The zero-order valence-electron chi connectivity index (χ0n) is 10.3. The van der Waals surface area contributed by atoms with Gasteiger partial charge in [0.2, 0.25) is 0 Å². The Morgan fingerprint density at radius 3 is 3.00 bits per heavy atom. The van der Waals surface area contributed by atoms with Crippen LogP contribution < -0.4 is 0 Å². The van der Waals surface area contributed by atoms with Gasteiger partial charge in [-0.25, -0.2) is 0 Å². The molecule has 0 spiro atoms. The third kappa shape index (κ3) is 1.38. The molecule has 1 nitrogen and oxygen atoms in total. The molecule has 0 radical (unpaired) electrons. The second kappa shape index (κ2) is 3.63. The summed E-state index contributed by atoms with van der Waals surface area (Å²) in [6, 6.07) is 9.01. The number of benzene rings is 1. The number of fused-ring (bicyclic) bond motifs is 4. The second-order valence-corrected chi connectivity index (χ2v) is 5.68. The van der Waals surface area contributed by atoms with Crippen molar-refractivity contribution < 1.29 is 0 Å². The van der Waals surface area contributed by atoms with E-state index in [1.807, 2.05) is 0 Å². The van der Waals surface area contributed by atoms with Gasteiger partial charge in [-0.1, -0.05) is 30.7 Å². The van der Waals surface area contributed by atoms with Gasteiger partial charge in [0.1, 0.15) is 0 Å². The minimum absolute atomic E-state index is 0.904. The lowest BCUT2D eigenvalue weighted by Crippen LogP contribution is -2.29. The van der Waals surface area contributed by atoms with Crippen molar-refractivity contribution in [3.8, 4) is 0 Å². The van der Waals surface area contributed by atoms with Gasteiger partial charge in [0.15, 0.2) is 0 Å². The Balaban J connectivity index is 1.88. The first-order valence-corrected chi connectivity index (χ1v) is 7.00. The van der Waals surface area contributed by atoms with Crippen LogP contribution in [0.2, 0.25) is 0 Å². The Morgan fingerprint density at radius 1 is 1.06 bits per heavy atom. The highest BCUT2D eigenvalue weighted by Crippen LogP contribution is 2.46. The summed E-state index contributed by atoms with van der Waals surface area (Å²) >= 11 is 0. The number of hydrogen-bond donors (Lipinski definition) is 0. The van der Waals surface area contributed by atoms with E-state index in [1.165, 1.54) is 44.2 Å². The quantitative estimate of drug-likeness (QED) is 0.649. The van der Waals surface area contributed by atoms with Gasteiger partial charge in [0.05, 0.1) is 0 Å². The maximum Gasteiger partial charge on any atom is 0.0441 e. The first-order chi connectivity index (χ1) is 8.43. The summed E-state index contributed by atoms with van der Waals surface area (Å²) in [5.41, 5.74) is 6.49. The molecule has 1 unspecified atom stereocenters. The number of hydrogen-bond acceptors (Lipinski definition) is 1. The average Bonchev–Trinajstić information content (AvgIpc) is 2.77. The molecule has 1 atom stereocenters. The first-order valence-electron chi connectivity index (χ1n) is 7.00. The molecule has 0 amide bonds. The minimum atomic E-state index is 0.904. The summed E-state index contributed by atoms with van der Waals surface area (Å²) in [5.74, 6) is 0.904. The molecule has 0 bridgehead atoms. The monoisotopic (exact) mass is 225 g/mol. The smallest absolute Gasteiger partial charge is 0.0441 e. The van der Waals surface area contributed by atoms with E-state index in [2.05, 4.69) is 29.2 Å². The molecule has 1 aromatic rings. The van der Waals surface area contributed by atoms with Crippen molar-refractivity contribution in [2.75, 3.05) is 6.54 Å². The Kier molecular flexibility index (Phi) is 2.08. The van der Waals surface area contributed by atoms with E-state index in [1.54, 1.807) is 16.8 Å². The van der Waals surface area contributed by atoms with E-state index in [0.717, 1.165) is 12.5 Å². The highest BCUT2D eigenvalue weighted by molar-refractivity contribution is 5.74. The molecule has 1 aliphatic carbocycles. The summed E-state index contributed by atoms with van der Waals surface area (Å²) < 4.78 is 0. The van der Waals surface area contributed by atoms with Crippen LogP contribution in [-0.2, 0) is 6.54 Å². The Hall–Kier alpha value is -1.24. The van der Waals surface area contributed by atoms with Crippen LogP contribution in [0.3, 0.4) is 0 Å². The minimum Gasteiger partial charge on any atom is -0.367 e. The fourth-order valence-corrected chi connectivity index (χ4v) is 3.94. The molecule has 17 heavy (non-hydrogen) atoms. The van der Waals surface area contributed by atoms with E-state index in [-0.39, 0.29) is 0 Å². The molecule has 3 aliphatic rings. The van der Waals surface area contributed by atoms with Crippen LogP contribution in [0.4, 0.5) is 0 Å². The largest absolute Gasteiger partial charge is 0.367 e. The van der Waals surface area contributed by atoms with Crippen molar-refractivity contribution in [3.05, 3.63) is 41.0 Å². The van der Waals surface area contributed by atoms with Crippen molar-refractivity contribution in [1.29, 1.82) is 0 Å². The van der Waals surface area contributed by atoms with Gasteiger partial charge >= 0.3 is 0 Å². The summed E-state index contributed by atoms with van der Waals surface area (Å²) in [4.78, 5) is 2.63. The molecule has 0 aromatic heterocycles. The molecular weight excluding hydrogens is 206 g/mol. The van der Waals surface area contributed by atoms with Gasteiger partial charge in [-0.05, 0) is 42.7 Å². The molecule has 1 aromatic carbocycles. The van der Waals surface area contributed by atoms with E-state index in [0.29, 0.717) is 0 Å². The average molecular weight is 225 g/mol. The highest BCUT2D eigenvalue weighted by atomic mass is 15.2. The third-order valence-electron chi connectivity index (χ3n) is 4.74. The SMILES string of the molecule is c1ccc2c(c1)CN1CCC3CCCCC3=C21. The molecule has 1 heteroatoms. The Labute approximate surface area is 103 Å². The number of rotatable bonds is 0. The molecular formula is C16H19N. The van der Waals surface area contributed by atoms with E-state index < -0.39 is 0 Å². The van der Waals surface area contributed by atoms with Crippen molar-refractivity contribution in [1.82, 2.24) is 4.90 Å². The Morgan fingerprint density at radius 2 is 2.00 bits per heavy atom. The summed E-state index contributed by atoms with van der Waals surface area (Å²) in [6.07, 6.45) is 7.04. The highest BCUT2D eigenvalue weighted by Gasteiger charge is 2.34. The van der Waals surface area contributed by atoms with Gasteiger partial charge in [-0.15, -0.1) is 0 Å². The maximum atomic E-state index is 2.63. The van der Waals surface area contributed by atoms with Crippen LogP contribution >= 0.6 is 0 Å². The number of nitrogens with zero attached hydrogens (tertiary/aromatic N) is 1. The second-order valence-electron chi connectivity index (χ2n) is 5.68. The fraction of sp³-hybridized carbons (Fsp3) is 0.500. The zero-order chi connectivity index (χ0) is 11.2. The standard InChI is InChI=1S/C16H19N/c1-3-7-14-12(5-1)9-10-17-11-13-6-2-4-8-15(13)16(14)17/h2,4,6,8,12H,1,3,5,7,9-11H2. The molecule has 1 fully saturated rings. The van der Waals surface area contributed by atoms with E-state index >= 15 is 0 Å². The maximum absolute atomic E-state index is 2.63. The topological polar surface area (TPSA) is 3.24 Å². The van der Waals surface area contributed by atoms with Crippen molar-refractivity contribution in [2.24, 2.45) is 5.92 Å². The van der Waals surface area contributed by atoms with Crippen LogP contribution in [0.25, 0.3) is 5.70 Å². The predicted octanol–water partition coefficient (Wildman–Crippen LogP) is 3.81. The molecule has 2 aliphatic heterocycles. The Bertz CT molecular complexity index is 486. The van der Waals surface area contributed by atoms with Crippen LogP contribution in [0.15, 0.2) is 29.8 Å². The molecule has 0 N–H and O–H groups in total. The summed E-state index contributed by atoms with van der Waals surface area (Å²) in [5, 5.41) is 0. The van der Waals surface area contributed by atoms with Crippen LogP contribution in [-0.4, -0.2) is 11.4 Å². The normalized spacial score (nSPS) is 26.6. The first kappa shape index (κ1) is 9.76.